The largest absolute Gasteiger partial charge is 0.497 e. The zero-order valence-electron chi connectivity index (χ0n) is 12.5. The molecule has 0 radical (unpaired) electrons. The average molecular weight is 309 g/mol. The van der Waals surface area contributed by atoms with Crippen LogP contribution in [-0.2, 0) is 4.79 Å². The minimum absolute atomic E-state index is 0.193. The molecule has 116 valence electrons. The van der Waals surface area contributed by atoms with E-state index in [4.69, 9.17) is 9.84 Å². The molecular weight excluding hydrogens is 286 g/mol. The Hall–Kier alpha value is -1.20. The molecule has 0 saturated carbocycles. The fraction of sp³-hybridized carbons (Fsp3) is 0.562. The lowest BCUT2D eigenvalue weighted by atomic mass is 9.95. The van der Waals surface area contributed by atoms with E-state index in [1.807, 2.05) is 29.2 Å². The number of hydrogen-bond acceptors (Lipinski definition) is 4. The molecule has 0 spiro atoms. The van der Waals surface area contributed by atoms with Crippen LogP contribution in [0.4, 0.5) is 0 Å². The first-order chi connectivity index (χ1) is 10.2. The molecule has 0 bridgehead atoms. The van der Waals surface area contributed by atoms with Crippen molar-refractivity contribution in [2.24, 2.45) is 5.92 Å². The number of amides is 1. The summed E-state index contributed by atoms with van der Waals surface area (Å²) in [5, 5.41) is 9.02. The smallest absolute Gasteiger partial charge is 0.232 e. The highest BCUT2D eigenvalue weighted by Crippen LogP contribution is 2.24. The van der Waals surface area contributed by atoms with Gasteiger partial charge in [0.2, 0.25) is 5.91 Å². The summed E-state index contributed by atoms with van der Waals surface area (Å²) in [6.45, 7) is 1.86. The molecule has 1 amide bonds. The van der Waals surface area contributed by atoms with E-state index < -0.39 is 0 Å². The number of aliphatic hydroxyl groups is 1. The zero-order valence-corrected chi connectivity index (χ0v) is 13.3. The second-order valence-corrected chi connectivity index (χ2v) is 6.37. The Morgan fingerprint density at radius 3 is 2.86 bits per heavy atom. The van der Waals surface area contributed by atoms with Gasteiger partial charge in [-0.2, -0.15) is 0 Å². The van der Waals surface area contributed by atoms with Crippen LogP contribution in [0.5, 0.6) is 5.75 Å². The van der Waals surface area contributed by atoms with E-state index in [9.17, 15) is 4.79 Å². The van der Waals surface area contributed by atoms with Crippen molar-refractivity contribution in [1.82, 2.24) is 4.90 Å². The number of carbonyl (C=O) groups is 1. The lowest BCUT2D eigenvalue weighted by Gasteiger charge is -2.32. The van der Waals surface area contributed by atoms with E-state index in [2.05, 4.69) is 0 Å². The van der Waals surface area contributed by atoms with Crippen LogP contribution in [0.25, 0.3) is 0 Å². The summed E-state index contributed by atoms with van der Waals surface area (Å²) in [7, 11) is 1.64. The van der Waals surface area contributed by atoms with E-state index in [1.54, 1.807) is 18.9 Å². The van der Waals surface area contributed by atoms with Crippen LogP contribution >= 0.6 is 11.8 Å². The summed E-state index contributed by atoms with van der Waals surface area (Å²) in [6.07, 6.45) is 2.97. The van der Waals surface area contributed by atoms with Crippen LogP contribution in [0.3, 0.4) is 0 Å². The first kappa shape index (κ1) is 16.2. The van der Waals surface area contributed by atoms with Gasteiger partial charge in [0.1, 0.15) is 5.75 Å². The Balaban J connectivity index is 1.80. The summed E-state index contributed by atoms with van der Waals surface area (Å²) in [5.41, 5.74) is 0. The van der Waals surface area contributed by atoms with Gasteiger partial charge in [0.25, 0.3) is 0 Å². The van der Waals surface area contributed by atoms with Gasteiger partial charge in [-0.15, -0.1) is 11.8 Å². The van der Waals surface area contributed by atoms with Crippen molar-refractivity contribution in [3.8, 4) is 5.75 Å². The number of benzene rings is 1. The van der Waals surface area contributed by atoms with Gasteiger partial charge in [0.15, 0.2) is 0 Å². The molecular formula is C16H23NO3S. The van der Waals surface area contributed by atoms with Gasteiger partial charge < -0.3 is 14.7 Å². The van der Waals surface area contributed by atoms with Crippen LogP contribution in [-0.4, -0.2) is 48.5 Å². The van der Waals surface area contributed by atoms with Gasteiger partial charge in [0.05, 0.1) is 12.9 Å². The minimum Gasteiger partial charge on any atom is -0.497 e. The first-order valence-corrected chi connectivity index (χ1v) is 8.37. The number of likely N-dealkylation sites (tertiary alicyclic amines) is 1. The van der Waals surface area contributed by atoms with Gasteiger partial charge in [-0.25, -0.2) is 0 Å². The number of nitrogens with zero attached hydrogens (tertiary/aromatic N) is 1. The van der Waals surface area contributed by atoms with Crippen molar-refractivity contribution in [2.75, 3.05) is 32.6 Å². The van der Waals surface area contributed by atoms with Gasteiger partial charge >= 0.3 is 0 Å². The number of carbonyl (C=O) groups excluding carboxylic acids is 1. The van der Waals surface area contributed by atoms with Crippen molar-refractivity contribution < 1.29 is 14.6 Å². The Labute approximate surface area is 130 Å². The highest BCUT2D eigenvalue weighted by molar-refractivity contribution is 8.00. The van der Waals surface area contributed by atoms with Crippen LogP contribution in [0, 0.1) is 5.92 Å². The van der Waals surface area contributed by atoms with Crippen LogP contribution in [0.2, 0.25) is 0 Å². The summed E-state index contributed by atoms with van der Waals surface area (Å²) >= 11 is 1.56. The number of rotatable bonds is 6. The average Bonchev–Trinajstić information content (AvgIpc) is 2.53. The van der Waals surface area contributed by atoms with Crippen molar-refractivity contribution in [3.63, 3.8) is 0 Å². The fourth-order valence-corrected chi connectivity index (χ4v) is 3.42. The van der Waals surface area contributed by atoms with Crippen LogP contribution in [0.1, 0.15) is 19.3 Å². The molecule has 1 aromatic carbocycles. The molecule has 4 nitrogen and oxygen atoms in total. The molecule has 5 heteroatoms. The minimum atomic E-state index is 0.193. The van der Waals surface area contributed by atoms with Crippen molar-refractivity contribution >= 4 is 17.7 Å². The van der Waals surface area contributed by atoms with E-state index >= 15 is 0 Å². The highest BCUT2D eigenvalue weighted by atomic mass is 32.2. The second-order valence-electron chi connectivity index (χ2n) is 5.32. The predicted molar refractivity (Wildman–Crippen MR) is 84.7 cm³/mol. The molecule has 0 aliphatic carbocycles. The lowest BCUT2D eigenvalue weighted by molar-refractivity contribution is -0.130. The summed E-state index contributed by atoms with van der Waals surface area (Å²) in [5.74, 6) is 1.95. The number of ether oxygens (including phenoxy) is 1. The maximum atomic E-state index is 12.3. The molecule has 0 aromatic heterocycles. The molecule has 1 aliphatic heterocycles. The molecule has 1 unspecified atom stereocenters. The summed E-state index contributed by atoms with van der Waals surface area (Å²) in [6, 6.07) is 7.76. The second kappa shape index (κ2) is 8.29. The van der Waals surface area contributed by atoms with Crippen molar-refractivity contribution in [1.29, 1.82) is 0 Å². The van der Waals surface area contributed by atoms with Gasteiger partial charge in [-0.3, -0.25) is 4.79 Å². The molecule has 1 aliphatic rings. The first-order valence-electron chi connectivity index (χ1n) is 7.38. The summed E-state index contributed by atoms with van der Waals surface area (Å²) in [4.78, 5) is 15.3. The van der Waals surface area contributed by atoms with Crippen molar-refractivity contribution in [2.45, 2.75) is 24.2 Å². The number of thioether (sulfide) groups is 1. The molecule has 1 fully saturated rings. The maximum Gasteiger partial charge on any atom is 0.232 e. The number of piperidine rings is 1. The quantitative estimate of drug-likeness (QED) is 0.820. The van der Waals surface area contributed by atoms with Gasteiger partial charge in [-0.1, -0.05) is 0 Å². The number of aliphatic hydroxyl groups excluding tert-OH is 1. The molecule has 1 atom stereocenters. The molecule has 1 saturated heterocycles. The van der Waals surface area contributed by atoms with Gasteiger partial charge in [0, 0.05) is 24.6 Å². The predicted octanol–water partition coefficient (Wildman–Crippen LogP) is 2.41. The topological polar surface area (TPSA) is 49.8 Å². The van der Waals surface area contributed by atoms with Crippen LogP contribution < -0.4 is 4.74 Å². The van der Waals surface area contributed by atoms with Crippen molar-refractivity contribution in [3.05, 3.63) is 24.3 Å². The standard InChI is InChI=1S/C16H23NO3S/c1-20-14-4-6-15(7-5-14)21-12-16(19)17-9-2-3-13(11-17)8-10-18/h4-7,13,18H,2-3,8-12H2,1H3. The van der Waals surface area contributed by atoms with E-state index in [0.29, 0.717) is 11.7 Å². The molecule has 1 N–H and O–H groups in total. The van der Waals surface area contributed by atoms with Gasteiger partial charge in [-0.05, 0) is 49.4 Å². The Morgan fingerprint density at radius 1 is 1.43 bits per heavy atom. The Morgan fingerprint density at radius 2 is 2.19 bits per heavy atom. The lowest BCUT2D eigenvalue weighted by Crippen LogP contribution is -2.41. The molecule has 1 heterocycles. The molecule has 2 rings (SSSR count). The fourth-order valence-electron chi connectivity index (χ4n) is 2.62. The SMILES string of the molecule is COc1ccc(SCC(=O)N2CCCC(CCO)C2)cc1. The Kier molecular flexibility index (Phi) is 6.39. The monoisotopic (exact) mass is 309 g/mol. The third kappa shape index (κ3) is 4.93. The van der Waals surface area contributed by atoms with E-state index in [0.717, 1.165) is 43.0 Å². The maximum absolute atomic E-state index is 12.3. The zero-order chi connectivity index (χ0) is 15.1. The molecule has 21 heavy (non-hydrogen) atoms. The third-order valence-corrected chi connectivity index (χ3v) is 4.83. The normalized spacial score (nSPS) is 18.6. The number of methoxy groups -OCH3 is 1. The van der Waals surface area contributed by atoms with E-state index in [1.165, 1.54) is 0 Å². The van der Waals surface area contributed by atoms with Crippen LogP contribution in [0.15, 0.2) is 29.2 Å². The molecule has 1 aromatic rings. The number of hydrogen-bond donors (Lipinski definition) is 1. The third-order valence-electron chi connectivity index (χ3n) is 3.83. The highest BCUT2D eigenvalue weighted by Gasteiger charge is 2.23. The summed E-state index contributed by atoms with van der Waals surface area (Å²) < 4.78 is 5.12. The Bertz CT molecular complexity index is 447. The van der Waals surface area contributed by atoms with E-state index in [-0.39, 0.29) is 12.5 Å².